The number of para-hydroxylation sites is 1. The van der Waals surface area contributed by atoms with Gasteiger partial charge in [0.15, 0.2) is 0 Å². The Hall–Kier alpha value is -1.81. The lowest BCUT2D eigenvalue weighted by Gasteiger charge is -2.36. The highest BCUT2D eigenvalue weighted by Gasteiger charge is 2.36. The van der Waals surface area contributed by atoms with E-state index in [-0.39, 0.29) is 11.4 Å². The van der Waals surface area contributed by atoms with E-state index in [9.17, 15) is 4.79 Å². The van der Waals surface area contributed by atoms with Crippen LogP contribution < -0.4 is 5.32 Å². The van der Waals surface area contributed by atoms with E-state index >= 15 is 0 Å². The number of rotatable bonds is 4. The lowest BCUT2D eigenvalue weighted by atomic mass is 9.96. The summed E-state index contributed by atoms with van der Waals surface area (Å²) < 4.78 is 0. The number of aromatic nitrogens is 1. The Labute approximate surface area is 125 Å². The Kier molecular flexibility index (Phi) is 3.72. The van der Waals surface area contributed by atoms with E-state index in [1.54, 1.807) is 0 Å². The molecular formula is C17H23N3O. The first-order valence-electron chi connectivity index (χ1n) is 7.64. The lowest BCUT2D eigenvalue weighted by molar-refractivity contribution is 0.0901. The number of likely N-dealkylation sites (N-methyl/N-ethyl adjacent to an activating group) is 1. The number of carbonyl (C=O) groups excluding carboxylic acids is 1. The van der Waals surface area contributed by atoms with Gasteiger partial charge in [0, 0.05) is 23.7 Å². The van der Waals surface area contributed by atoms with Gasteiger partial charge in [-0.15, -0.1) is 0 Å². The lowest BCUT2D eigenvalue weighted by Crippen LogP contribution is -2.50. The molecule has 0 spiro atoms. The van der Waals surface area contributed by atoms with E-state index in [1.165, 1.54) is 12.8 Å². The molecule has 1 aromatic heterocycles. The smallest absolute Gasteiger partial charge is 0.253 e. The van der Waals surface area contributed by atoms with Crippen molar-refractivity contribution < 1.29 is 4.79 Å². The zero-order valence-corrected chi connectivity index (χ0v) is 12.8. The first-order chi connectivity index (χ1) is 10.1. The molecule has 1 aliphatic rings. The van der Waals surface area contributed by atoms with Gasteiger partial charge < -0.3 is 15.2 Å². The van der Waals surface area contributed by atoms with Gasteiger partial charge >= 0.3 is 0 Å². The Balaban J connectivity index is 1.76. The van der Waals surface area contributed by atoms with Crippen LogP contribution >= 0.6 is 0 Å². The fourth-order valence-electron chi connectivity index (χ4n) is 3.43. The maximum Gasteiger partial charge on any atom is 0.253 e. The number of H-pyrrole nitrogens is 1. The molecule has 1 fully saturated rings. The first kappa shape index (κ1) is 14.1. The molecule has 4 nitrogen and oxygen atoms in total. The van der Waals surface area contributed by atoms with Crippen molar-refractivity contribution in [2.45, 2.75) is 31.2 Å². The third kappa shape index (κ3) is 2.56. The van der Waals surface area contributed by atoms with Gasteiger partial charge in [-0.05, 0) is 39.1 Å². The number of benzene rings is 1. The van der Waals surface area contributed by atoms with Gasteiger partial charge in [0.2, 0.25) is 0 Å². The molecule has 2 aromatic rings. The van der Waals surface area contributed by atoms with Crippen LogP contribution in [-0.2, 0) is 0 Å². The van der Waals surface area contributed by atoms with Crippen LogP contribution in [0.5, 0.6) is 0 Å². The Morgan fingerprint density at radius 3 is 2.76 bits per heavy atom. The SMILES string of the molecule is CN(C)C1(CNC(=O)c2cccc3cc[nH]c23)CCCC1. The molecule has 1 aromatic carbocycles. The van der Waals surface area contributed by atoms with Crippen LogP contribution in [0.2, 0.25) is 0 Å². The van der Waals surface area contributed by atoms with Crippen LogP contribution in [-0.4, -0.2) is 42.0 Å². The second kappa shape index (κ2) is 5.53. The fourth-order valence-corrected chi connectivity index (χ4v) is 3.43. The van der Waals surface area contributed by atoms with Crippen LogP contribution in [0.15, 0.2) is 30.5 Å². The number of amides is 1. The minimum absolute atomic E-state index is 0.0103. The molecular weight excluding hydrogens is 262 g/mol. The van der Waals surface area contributed by atoms with Crippen molar-refractivity contribution in [3.05, 3.63) is 36.0 Å². The van der Waals surface area contributed by atoms with Gasteiger partial charge in [-0.2, -0.15) is 0 Å². The van der Waals surface area contributed by atoms with Gasteiger partial charge in [0.05, 0.1) is 11.1 Å². The van der Waals surface area contributed by atoms with Crippen molar-refractivity contribution in [3.8, 4) is 0 Å². The Bertz CT molecular complexity index is 638. The number of nitrogens with one attached hydrogen (secondary N) is 2. The van der Waals surface area contributed by atoms with E-state index in [4.69, 9.17) is 0 Å². The van der Waals surface area contributed by atoms with Crippen molar-refractivity contribution in [2.75, 3.05) is 20.6 Å². The monoisotopic (exact) mass is 285 g/mol. The molecule has 1 amide bonds. The topological polar surface area (TPSA) is 48.1 Å². The molecule has 0 unspecified atom stereocenters. The molecule has 4 heteroatoms. The van der Waals surface area contributed by atoms with Gasteiger partial charge in [-0.3, -0.25) is 4.79 Å². The van der Waals surface area contributed by atoms with Crippen LogP contribution in [0.4, 0.5) is 0 Å². The van der Waals surface area contributed by atoms with Gasteiger partial charge in [-0.25, -0.2) is 0 Å². The molecule has 3 rings (SSSR count). The molecule has 1 heterocycles. The molecule has 1 aliphatic carbocycles. The molecule has 0 aliphatic heterocycles. The number of carbonyl (C=O) groups is 1. The minimum Gasteiger partial charge on any atom is -0.361 e. The summed E-state index contributed by atoms with van der Waals surface area (Å²) >= 11 is 0. The maximum absolute atomic E-state index is 12.5. The summed E-state index contributed by atoms with van der Waals surface area (Å²) in [4.78, 5) is 18.0. The number of hydrogen-bond donors (Lipinski definition) is 2. The summed E-state index contributed by atoms with van der Waals surface area (Å²) in [5.74, 6) is 0.0103. The third-order valence-electron chi connectivity index (χ3n) is 4.89. The summed E-state index contributed by atoms with van der Waals surface area (Å²) in [5, 5.41) is 4.22. The highest BCUT2D eigenvalue weighted by Crippen LogP contribution is 2.33. The van der Waals surface area contributed by atoms with E-state index in [0.29, 0.717) is 0 Å². The molecule has 2 N–H and O–H groups in total. The van der Waals surface area contributed by atoms with Crippen LogP contribution in [0, 0.1) is 0 Å². The molecule has 0 radical (unpaired) electrons. The summed E-state index contributed by atoms with van der Waals surface area (Å²) in [6, 6.07) is 7.82. The zero-order chi connectivity index (χ0) is 14.9. The Morgan fingerprint density at radius 1 is 1.29 bits per heavy atom. The van der Waals surface area contributed by atoms with Gasteiger partial charge in [0.25, 0.3) is 5.91 Å². The highest BCUT2D eigenvalue weighted by molar-refractivity contribution is 6.05. The van der Waals surface area contributed by atoms with E-state index in [1.807, 2.05) is 30.5 Å². The predicted octanol–water partition coefficient (Wildman–Crippen LogP) is 2.77. The fraction of sp³-hybridized carbons (Fsp3) is 0.471. The van der Waals surface area contributed by atoms with Crippen LogP contribution in [0.3, 0.4) is 0 Å². The molecule has 21 heavy (non-hydrogen) atoms. The average molecular weight is 285 g/mol. The van der Waals surface area contributed by atoms with Crippen molar-refractivity contribution in [1.82, 2.24) is 15.2 Å². The second-order valence-corrected chi connectivity index (χ2v) is 6.26. The third-order valence-corrected chi connectivity index (χ3v) is 4.89. The average Bonchev–Trinajstić information content (AvgIpc) is 3.13. The van der Waals surface area contributed by atoms with Crippen molar-refractivity contribution in [3.63, 3.8) is 0 Å². The van der Waals surface area contributed by atoms with Crippen LogP contribution in [0.25, 0.3) is 10.9 Å². The molecule has 1 saturated carbocycles. The minimum atomic E-state index is 0.0103. The second-order valence-electron chi connectivity index (χ2n) is 6.26. The number of aromatic amines is 1. The molecule has 0 saturated heterocycles. The van der Waals surface area contributed by atoms with Gasteiger partial charge in [-0.1, -0.05) is 25.0 Å². The summed E-state index contributed by atoms with van der Waals surface area (Å²) in [7, 11) is 4.23. The standard InChI is InChI=1S/C17H23N3O/c1-20(2)17(9-3-4-10-17)12-19-16(21)14-7-5-6-13-8-11-18-15(13)14/h5-8,11,18H,3-4,9-10,12H2,1-2H3,(H,19,21). The van der Waals surface area contributed by atoms with Crippen LogP contribution in [0.1, 0.15) is 36.0 Å². The molecule has 0 atom stereocenters. The quantitative estimate of drug-likeness (QED) is 0.907. The predicted molar refractivity (Wildman–Crippen MR) is 85.5 cm³/mol. The molecule has 112 valence electrons. The summed E-state index contributed by atoms with van der Waals surface area (Å²) in [6.07, 6.45) is 6.69. The first-order valence-corrected chi connectivity index (χ1v) is 7.64. The molecule has 0 bridgehead atoms. The maximum atomic E-state index is 12.5. The normalized spacial score (nSPS) is 17.5. The zero-order valence-electron chi connectivity index (χ0n) is 12.8. The van der Waals surface area contributed by atoms with E-state index in [0.717, 1.165) is 35.9 Å². The van der Waals surface area contributed by atoms with E-state index < -0.39 is 0 Å². The number of nitrogens with zero attached hydrogens (tertiary/aromatic N) is 1. The summed E-state index contributed by atoms with van der Waals surface area (Å²) in [5.41, 5.74) is 1.77. The highest BCUT2D eigenvalue weighted by atomic mass is 16.1. The Morgan fingerprint density at radius 2 is 2.05 bits per heavy atom. The van der Waals surface area contributed by atoms with Crippen molar-refractivity contribution >= 4 is 16.8 Å². The number of fused-ring (bicyclic) bond motifs is 1. The van der Waals surface area contributed by atoms with E-state index in [2.05, 4.69) is 29.3 Å². The van der Waals surface area contributed by atoms with Gasteiger partial charge in [0.1, 0.15) is 0 Å². The largest absolute Gasteiger partial charge is 0.361 e. The summed E-state index contributed by atoms with van der Waals surface area (Å²) in [6.45, 7) is 0.718. The van der Waals surface area contributed by atoms with Crippen molar-refractivity contribution in [2.24, 2.45) is 0 Å². The van der Waals surface area contributed by atoms with Crippen molar-refractivity contribution in [1.29, 1.82) is 0 Å². The number of hydrogen-bond acceptors (Lipinski definition) is 2.